The Bertz CT molecular complexity index is 449. The van der Waals surface area contributed by atoms with Crippen LogP contribution < -0.4 is 5.73 Å². The molecule has 1 saturated heterocycles. The first-order valence-electron chi connectivity index (χ1n) is 5.67. The summed E-state index contributed by atoms with van der Waals surface area (Å²) in [5.41, 5.74) is 6.67. The Kier molecular flexibility index (Phi) is 3.87. The number of amides is 1. The number of hydrogen-bond donors (Lipinski definition) is 2. The highest BCUT2D eigenvalue weighted by atomic mass is 79.9. The molecule has 0 radical (unpaired) electrons. The predicted molar refractivity (Wildman–Crippen MR) is 68.9 cm³/mol. The smallest absolute Gasteiger partial charge is 0.407 e. The molecular weight excluding hydrogens is 303 g/mol. The Morgan fingerprint density at radius 1 is 1.56 bits per heavy atom. The van der Waals surface area contributed by atoms with E-state index in [1.807, 2.05) is 0 Å². The Morgan fingerprint density at radius 3 is 2.89 bits per heavy atom. The summed E-state index contributed by atoms with van der Waals surface area (Å²) in [6.45, 7) is 0.442. The van der Waals surface area contributed by atoms with Gasteiger partial charge in [0, 0.05) is 17.1 Å². The molecule has 1 aliphatic heterocycles. The second-order valence-corrected chi connectivity index (χ2v) is 5.39. The molecule has 0 unspecified atom stereocenters. The average Bonchev–Trinajstić information content (AvgIpc) is 2.59. The lowest BCUT2D eigenvalue weighted by Gasteiger charge is -2.24. The van der Waals surface area contributed by atoms with Gasteiger partial charge < -0.3 is 15.7 Å². The lowest BCUT2D eigenvalue weighted by Crippen LogP contribution is -2.43. The van der Waals surface area contributed by atoms with Gasteiger partial charge in [-0.1, -0.05) is 15.9 Å². The third-order valence-electron chi connectivity index (χ3n) is 3.21. The van der Waals surface area contributed by atoms with Gasteiger partial charge in [-0.15, -0.1) is 0 Å². The van der Waals surface area contributed by atoms with Crippen LogP contribution in [0.4, 0.5) is 9.18 Å². The largest absolute Gasteiger partial charge is 0.465 e. The van der Waals surface area contributed by atoms with E-state index in [2.05, 4.69) is 15.9 Å². The van der Waals surface area contributed by atoms with Crippen LogP contribution in [0.25, 0.3) is 0 Å². The van der Waals surface area contributed by atoms with Gasteiger partial charge in [0.15, 0.2) is 0 Å². The van der Waals surface area contributed by atoms with Gasteiger partial charge in [-0.25, -0.2) is 9.18 Å². The molecule has 0 bridgehead atoms. The van der Waals surface area contributed by atoms with Crippen LogP contribution in [0.2, 0.25) is 0 Å². The highest BCUT2D eigenvalue weighted by Gasteiger charge is 2.34. The van der Waals surface area contributed by atoms with E-state index in [4.69, 9.17) is 10.8 Å². The first kappa shape index (κ1) is 13.3. The highest BCUT2D eigenvalue weighted by molar-refractivity contribution is 9.10. The van der Waals surface area contributed by atoms with Gasteiger partial charge in [0.25, 0.3) is 0 Å². The molecule has 3 N–H and O–H groups in total. The normalized spacial score (nSPS) is 23.4. The van der Waals surface area contributed by atoms with Crippen molar-refractivity contribution in [1.29, 1.82) is 0 Å². The number of carbonyl (C=O) groups is 1. The fourth-order valence-electron chi connectivity index (χ4n) is 2.35. The average molecular weight is 317 g/mol. The van der Waals surface area contributed by atoms with Crippen LogP contribution in [-0.4, -0.2) is 34.7 Å². The molecule has 2 rings (SSSR count). The summed E-state index contributed by atoms with van der Waals surface area (Å²) in [4.78, 5) is 12.4. The lowest BCUT2D eigenvalue weighted by atomic mass is 10.0. The number of benzene rings is 1. The van der Waals surface area contributed by atoms with Gasteiger partial charge in [-0.2, -0.15) is 0 Å². The standard InChI is InChI=1S/C12H14BrFN2O2/c13-8-3-7(4-9(14)6-8)5-11-10(15)1-2-16(11)12(17)18/h3-4,6,10-11H,1-2,5,15H2,(H,17,18)/t10-,11-/m0/s1. The Morgan fingerprint density at radius 2 is 2.28 bits per heavy atom. The van der Waals surface area contributed by atoms with Crippen molar-refractivity contribution in [2.45, 2.75) is 24.9 Å². The van der Waals surface area contributed by atoms with Crippen molar-refractivity contribution in [3.8, 4) is 0 Å². The van der Waals surface area contributed by atoms with Crippen LogP contribution in [0.15, 0.2) is 22.7 Å². The molecule has 1 aliphatic rings. The van der Waals surface area contributed by atoms with Gasteiger partial charge in [0.2, 0.25) is 0 Å². The Labute approximate surface area is 113 Å². The molecule has 1 amide bonds. The van der Waals surface area contributed by atoms with Gasteiger partial charge in [-0.3, -0.25) is 0 Å². The summed E-state index contributed by atoms with van der Waals surface area (Å²) in [6.07, 6.45) is 0.112. The van der Waals surface area contributed by atoms with Crippen LogP contribution in [0.5, 0.6) is 0 Å². The minimum Gasteiger partial charge on any atom is -0.465 e. The highest BCUT2D eigenvalue weighted by Crippen LogP contribution is 2.23. The molecule has 98 valence electrons. The van der Waals surface area contributed by atoms with Crippen molar-refractivity contribution in [1.82, 2.24) is 4.90 Å². The number of rotatable bonds is 2. The number of carboxylic acid groups (broad SMARTS) is 1. The molecule has 0 spiro atoms. The third kappa shape index (κ3) is 2.81. The van der Waals surface area contributed by atoms with Crippen LogP contribution in [-0.2, 0) is 6.42 Å². The zero-order valence-electron chi connectivity index (χ0n) is 9.64. The number of halogens is 2. The molecule has 0 aliphatic carbocycles. The number of nitrogens with zero attached hydrogens (tertiary/aromatic N) is 1. The van der Waals surface area contributed by atoms with E-state index in [9.17, 15) is 9.18 Å². The maximum absolute atomic E-state index is 13.3. The van der Waals surface area contributed by atoms with E-state index in [1.165, 1.54) is 17.0 Å². The van der Waals surface area contributed by atoms with Gasteiger partial charge in [0.05, 0.1) is 6.04 Å². The topological polar surface area (TPSA) is 66.6 Å². The fourth-order valence-corrected chi connectivity index (χ4v) is 2.86. The maximum atomic E-state index is 13.3. The van der Waals surface area contributed by atoms with Crippen LogP contribution >= 0.6 is 15.9 Å². The van der Waals surface area contributed by atoms with E-state index in [0.717, 1.165) is 5.56 Å². The molecule has 1 fully saturated rings. The first-order chi connectivity index (χ1) is 8.47. The van der Waals surface area contributed by atoms with Crippen molar-refractivity contribution < 1.29 is 14.3 Å². The summed E-state index contributed by atoms with van der Waals surface area (Å²) in [5, 5.41) is 9.08. The van der Waals surface area contributed by atoms with Crippen molar-refractivity contribution in [2.75, 3.05) is 6.54 Å². The SMILES string of the molecule is N[C@H]1CCN(C(=O)O)[C@H]1Cc1cc(F)cc(Br)c1. The molecule has 1 aromatic carbocycles. The monoisotopic (exact) mass is 316 g/mol. The van der Waals surface area contributed by atoms with Crippen molar-refractivity contribution >= 4 is 22.0 Å². The second-order valence-electron chi connectivity index (χ2n) is 4.48. The number of likely N-dealkylation sites (tertiary alicyclic amines) is 1. The molecule has 0 aromatic heterocycles. The molecular formula is C12H14BrFN2O2. The van der Waals surface area contributed by atoms with Gasteiger partial charge >= 0.3 is 6.09 Å². The molecule has 6 heteroatoms. The van der Waals surface area contributed by atoms with Crippen molar-refractivity contribution in [3.63, 3.8) is 0 Å². The zero-order valence-corrected chi connectivity index (χ0v) is 11.2. The van der Waals surface area contributed by atoms with Gasteiger partial charge in [0.1, 0.15) is 5.82 Å². The van der Waals surface area contributed by atoms with E-state index in [0.29, 0.717) is 23.9 Å². The quantitative estimate of drug-likeness (QED) is 0.879. The van der Waals surface area contributed by atoms with E-state index in [-0.39, 0.29) is 17.9 Å². The van der Waals surface area contributed by atoms with Crippen molar-refractivity contribution in [2.24, 2.45) is 5.73 Å². The molecule has 1 heterocycles. The van der Waals surface area contributed by atoms with Crippen molar-refractivity contribution in [3.05, 3.63) is 34.1 Å². The van der Waals surface area contributed by atoms with E-state index >= 15 is 0 Å². The Balaban J connectivity index is 2.18. The molecule has 0 saturated carbocycles. The summed E-state index contributed by atoms with van der Waals surface area (Å²) in [6, 6.07) is 4.09. The van der Waals surface area contributed by atoms with Gasteiger partial charge in [-0.05, 0) is 36.6 Å². The zero-order chi connectivity index (χ0) is 13.3. The first-order valence-corrected chi connectivity index (χ1v) is 6.47. The maximum Gasteiger partial charge on any atom is 0.407 e. The minimum absolute atomic E-state index is 0.192. The van der Waals surface area contributed by atoms with Crippen LogP contribution in [0, 0.1) is 5.82 Å². The number of hydrogen-bond acceptors (Lipinski definition) is 2. The van der Waals surface area contributed by atoms with E-state index < -0.39 is 6.09 Å². The molecule has 1 aromatic rings. The second kappa shape index (κ2) is 5.24. The summed E-state index contributed by atoms with van der Waals surface area (Å²) < 4.78 is 13.9. The van der Waals surface area contributed by atoms with E-state index in [1.54, 1.807) is 6.07 Å². The molecule has 2 atom stereocenters. The molecule has 4 nitrogen and oxygen atoms in total. The number of nitrogens with two attached hydrogens (primary N) is 1. The molecule has 18 heavy (non-hydrogen) atoms. The predicted octanol–water partition coefficient (Wildman–Crippen LogP) is 2.21. The fraction of sp³-hybridized carbons (Fsp3) is 0.417. The summed E-state index contributed by atoms with van der Waals surface area (Å²) >= 11 is 3.22. The Hall–Kier alpha value is -1.14. The summed E-state index contributed by atoms with van der Waals surface area (Å²) in [5.74, 6) is -0.340. The van der Waals surface area contributed by atoms with Crippen LogP contribution in [0.3, 0.4) is 0 Å². The summed E-state index contributed by atoms with van der Waals surface area (Å²) in [7, 11) is 0. The minimum atomic E-state index is -0.969. The van der Waals surface area contributed by atoms with Crippen LogP contribution in [0.1, 0.15) is 12.0 Å². The lowest BCUT2D eigenvalue weighted by molar-refractivity contribution is 0.138. The third-order valence-corrected chi connectivity index (χ3v) is 3.67.